The highest BCUT2D eigenvalue weighted by Crippen LogP contribution is 2.49. The number of carbonyl (C=O) groups is 2. The van der Waals surface area contributed by atoms with Crippen molar-refractivity contribution in [2.75, 3.05) is 17.1 Å². The molecule has 2 fully saturated rings. The summed E-state index contributed by atoms with van der Waals surface area (Å²) >= 11 is 3.44. The summed E-state index contributed by atoms with van der Waals surface area (Å²) < 4.78 is 5.91. The lowest BCUT2D eigenvalue weighted by molar-refractivity contribution is -0.126. The van der Waals surface area contributed by atoms with E-state index in [0.29, 0.717) is 22.7 Å². The summed E-state index contributed by atoms with van der Waals surface area (Å²) in [7, 11) is 1.55. The number of halogens is 1. The second-order valence-electron chi connectivity index (χ2n) is 7.57. The van der Waals surface area contributed by atoms with E-state index in [2.05, 4.69) is 15.9 Å². The van der Waals surface area contributed by atoms with E-state index in [1.165, 1.54) is 0 Å². The van der Waals surface area contributed by atoms with Gasteiger partial charge in [-0.25, -0.2) is 9.96 Å². The van der Waals surface area contributed by atoms with Crippen LogP contribution in [-0.2, 0) is 14.4 Å². The van der Waals surface area contributed by atoms with E-state index in [0.717, 1.165) is 9.37 Å². The molecule has 2 aliphatic rings. The minimum Gasteiger partial charge on any atom is -0.508 e. The maximum absolute atomic E-state index is 13.6. The third kappa shape index (κ3) is 3.23. The van der Waals surface area contributed by atoms with Gasteiger partial charge in [-0.05, 0) is 54.6 Å². The van der Waals surface area contributed by atoms with Crippen LogP contribution in [-0.4, -0.2) is 30.1 Å². The Morgan fingerprint density at radius 2 is 1.66 bits per heavy atom. The quantitative estimate of drug-likeness (QED) is 0.547. The number of hydroxylamine groups is 1. The van der Waals surface area contributed by atoms with Gasteiger partial charge in [0.25, 0.3) is 5.91 Å². The maximum atomic E-state index is 13.6. The highest BCUT2D eigenvalue weighted by molar-refractivity contribution is 9.10. The summed E-state index contributed by atoms with van der Waals surface area (Å²) in [6.45, 7) is 0. The third-order valence-electron chi connectivity index (χ3n) is 5.76. The minimum atomic E-state index is -1.01. The van der Waals surface area contributed by atoms with Crippen molar-refractivity contribution in [3.8, 4) is 11.5 Å². The van der Waals surface area contributed by atoms with Gasteiger partial charge in [-0.1, -0.05) is 34.1 Å². The first-order valence-corrected chi connectivity index (χ1v) is 10.8. The SMILES string of the molecule is COc1ccc(N2C(=O)[C@@H]3[C@@H](c4cc(Br)ccc4O)N(c4ccccc4)O[C@H]3C2=O)cc1. The molecule has 0 bridgehead atoms. The molecule has 5 rings (SSSR count). The fourth-order valence-corrected chi connectivity index (χ4v) is 4.66. The fourth-order valence-electron chi connectivity index (χ4n) is 4.28. The monoisotopic (exact) mass is 494 g/mol. The molecule has 7 nitrogen and oxygen atoms in total. The molecule has 0 unspecified atom stereocenters. The van der Waals surface area contributed by atoms with Gasteiger partial charge in [0.05, 0.1) is 24.5 Å². The molecule has 2 saturated heterocycles. The van der Waals surface area contributed by atoms with Crippen LogP contribution in [0, 0.1) is 5.92 Å². The van der Waals surface area contributed by atoms with Gasteiger partial charge in [-0.3, -0.25) is 14.4 Å². The number of nitrogens with zero attached hydrogens (tertiary/aromatic N) is 2. The van der Waals surface area contributed by atoms with Crippen LogP contribution in [0.5, 0.6) is 11.5 Å². The molecular weight excluding hydrogens is 476 g/mol. The molecule has 162 valence electrons. The molecule has 0 radical (unpaired) electrons. The Kier molecular flexibility index (Phi) is 5.11. The number of rotatable bonds is 4. The number of anilines is 2. The van der Waals surface area contributed by atoms with Crippen molar-refractivity contribution in [1.29, 1.82) is 0 Å². The summed E-state index contributed by atoms with van der Waals surface area (Å²) in [4.78, 5) is 34.1. The van der Waals surface area contributed by atoms with E-state index >= 15 is 0 Å². The maximum Gasteiger partial charge on any atom is 0.266 e. The molecule has 0 aromatic heterocycles. The molecule has 0 saturated carbocycles. The first-order chi connectivity index (χ1) is 15.5. The lowest BCUT2D eigenvalue weighted by atomic mass is 9.90. The van der Waals surface area contributed by atoms with E-state index in [4.69, 9.17) is 9.57 Å². The van der Waals surface area contributed by atoms with Crippen molar-refractivity contribution in [2.24, 2.45) is 5.92 Å². The molecule has 0 spiro atoms. The molecule has 1 N–H and O–H groups in total. The largest absolute Gasteiger partial charge is 0.508 e. The number of phenols is 1. The summed E-state index contributed by atoms with van der Waals surface area (Å²) in [5.41, 5.74) is 1.62. The molecule has 3 aromatic rings. The second kappa shape index (κ2) is 7.96. The zero-order valence-electron chi connectivity index (χ0n) is 17.0. The summed E-state index contributed by atoms with van der Waals surface area (Å²) in [5, 5.41) is 12.2. The van der Waals surface area contributed by atoms with E-state index in [1.54, 1.807) is 54.6 Å². The Bertz CT molecular complexity index is 1180. The molecule has 0 aliphatic carbocycles. The van der Waals surface area contributed by atoms with Gasteiger partial charge in [0.1, 0.15) is 17.4 Å². The zero-order valence-corrected chi connectivity index (χ0v) is 18.6. The van der Waals surface area contributed by atoms with E-state index in [1.807, 2.05) is 30.3 Å². The van der Waals surface area contributed by atoms with Gasteiger partial charge in [0, 0.05) is 10.0 Å². The number of imide groups is 1. The van der Waals surface area contributed by atoms with Crippen molar-refractivity contribution in [1.82, 2.24) is 0 Å². The molecule has 2 heterocycles. The summed E-state index contributed by atoms with van der Waals surface area (Å²) in [6.07, 6.45) is -1.01. The minimum absolute atomic E-state index is 0.0199. The molecule has 2 aliphatic heterocycles. The Balaban J connectivity index is 1.59. The summed E-state index contributed by atoms with van der Waals surface area (Å²) in [6, 6.07) is 20.3. The van der Waals surface area contributed by atoms with Gasteiger partial charge in [0.15, 0.2) is 6.10 Å². The Morgan fingerprint density at radius 1 is 0.938 bits per heavy atom. The second-order valence-corrected chi connectivity index (χ2v) is 8.49. The molecule has 8 heteroatoms. The first-order valence-electron chi connectivity index (χ1n) is 10.0. The highest BCUT2D eigenvalue weighted by atomic mass is 79.9. The molecule has 32 heavy (non-hydrogen) atoms. The topological polar surface area (TPSA) is 79.3 Å². The first kappa shape index (κ1) is 20.5. The van der Waals surface area contributed by atoms with Crippen LogP contribution in [0.25, 0.3) is 0 Å². The number of hydrogen-bond acceptors (Lipinski definition) is 6. The predicted molar refractivity (Wildman–Crippen MR) is 121 cm³/mol. The number of fused-ring (bicyclic) bond motifs is 1. The van der Waals surface area contributed by atoms with Gasteiger partial charge in [-0.15, -0.1) is 0 Å². The lowest BCUT2D eigenvalue weighted by Crippen LogP contribution is -2.37. The fraction of sp³-hybridized carbons (Fsp3) is 0.167. The Labute approximate surface area is 192 Å². The zero-order chi connectivity index (χ0) is 22.4. The van der Waals surface area contributed by atoms with Crippen LogP contribution >= 0.6 is 15.9 Å². The number of para-hydroxylation sites is 1. The van der Waals surface area contributed by atoms with Gasteiger partial charge < -0.3 is 9.84 Å². The highest BCUT2D eigenvalue weighted by Gasteiger charge is 2.60. The van der Waals surface area contributed by atoms with Gasteiger partial charge in [-0.2, -0.15) is 0 Å². The van der Waals surface area contributed by atoms with Crippen LogP contribution < -0.4 is 14.7 Å². The third-order valence-corrected chi connectivity index (χ3v) is 6.26. The average Bonchev–Trinajstić information content (AvgIpc) is 3.32. The Hall–Kier alpha value is -3.36. The van der Waals surface area contributed by atoms with Crippen LogP contribution in [0.1, 0.15) is 11.6 Å². The molecular formula is C24H19BrN2O5. The van der Waals surface area contributed by atoms with Crippen LogP contribution in [0.3, 0.4) is 0 Å². The Morgan fingerprint density at radius 3 is 2.34 bits per heavy atom. The lowest BCUT2D eigenvalue weighted by Gasteiger charge is -2.29. The standard InChI is InChI=1S/C24H19BrN2O5/c1-31-17-10-8-15(9-11-17)26-23(29)20-21(18-13-14(25)7-12-19(18)28)27(32-22(20)24(26)30)16-5-3-2-4-6-16/h2-13,20-22,28H,1H3/t20-,21-,22-/m1/s1. The smallest absolute Gasteiger partial charge is 0.266 e. The van der Waals surface area contributed by atoms with E-state index in [-0.39, 0.29) is 11.7 Å². The van der Waals surface area contributed by atoms with E-state index < -0.39 is 24.0 Å². The molecule has 2 amide bonds. The summed E-state index contributed by atoms with van der Waals surface area (Å²) in [5.74, 6) is -1.01. The number of phenolic OH excluding ortho intramolecular Hbond substituents is 1. The average molecular weight is 495 g/mol. The van der Waals surface area contributed by atoms with Gasteiger partial charge in [0.2, 0.25) is 5.91 Å². The number of hydrogen-bond donors (Lipinski definition) is 1. The number of aromatic hydroxyl groups is 1. The molecule has 3 atom stereocenters. The van der Waals surface area contributed by atoms with Crippen molar-refractivity contribution in [2.45, 2.75) is 12.1 Å². The van der Waals surface area contributed by atoms with Crippen LogP contribution in [0.15, 0.2) is 77.3 Å². The van der Waals surface area contributed by atoms with Crippen molar-refractivity contribution >= 4 is 39.1 Å². The number of amides is 2. The van der Waals surface area contributed by atoms with E-state index in [9.17, 15) is 14.7 Å². The normalized spacial score (nSPS) is 22.4. The molecule has 3 aromatic carbocycles. The van der Waals surface area contributed by atoms with Crippen molar-refractivity contribution in [3.05, 3.63) is 82.8 Å². The van der Waals surface area contributed by atoms with Crippen molar-refractivity contribution < 1.29 is 24.3 Å². The van der Waals surface area contributed by atoms with Crippen LogP contribution in [0.2, 0.25) is 0 Å². The number of methoxy groups -OCH3 is 1. The number of carbonyl (C=O) groups excluding carboxylic acids is 2. The predicted octanol–water partition coefficient (Wildman–Crippen LogP) is 4.21. The van der Waals surface area contributed by atoms with Gasteiger partial charge >= 0.3 is 0 Å². The van der Waals surface area contributed by atoms with Crippen molar-refractivity contribution in [3.63, 3.8) is 0 Å². The van der Waals surface area contributed by atoms with Crippen LogP contribution in [0.4, 0.5) is 11.4 Å². The number of benzene rings is 3. The number of ether oxygens (including phenoxy) is 1.